The van der Waals surface area contributed by atoms with Gasteiger partial charge in [-0.25, -0.2) is 0 Å². The minimum atomic E-state index is -1.05. The molecule has 3 atom stereocenters. The van der Waals surface area contributed by atoms with Crippen molar-refractivity contribution in [3.63, 3.8) is 0 Å². The lowest BCUT2D eigenvalue weighted by Gasteiger charge is -2.32. The standard InChI is InChI=1S/C27H25ClN6O3/c1-33(24(35)22-9-16-13-30-7-6-20(16)31-22)23(8-15-2-3-15)25(36)34-14-27(11-18(34)12-29)19-10-17(28)4-5-21(19)32-26(27)37/h4-7,9-10,13,15,18,23,31H,2-3,8,11,14H2,1H3,(H,32,37)/t18-,23-,27-/m0/s1. The van der Waals surface area contributed by atoms with E-state index in [1.54, 1.807) is 49.8 Å². The van der Waals surface area contributed by atoms with E-state index in [1.165, 1.54) is 9.80 Å². The Bertz CT molecular complexity index is 1460. The number of hydrogen-bond acceptors (Lipinski definition) is 5. The summed E-state index contributed by atoms with van der Waals surface area (Å²) in [6.07, 6.45) is 6.02. The molecule has 1 saturated heterocycles. The van der Waals surface area contributed by atoms with Crippen LogP contribution >= 0.6 is 11.6 Å². The SMILES string of the molecule is CN(C(=O)c1cc2cnccc2[nH]1)[C@@H](CC1CC1)C(=O)N1C[C@]2(C[C@H]1C#N)C(=O)Nc1ccc(Cl)cc12. The minimum Gasteiger partial charge on any atom is -0.350 e. The van der Waals surface area contributed by atoms with Crippen molar-refractivity contribution >= 4 is 45.9 Å². The fourth-order valence-electron chi connectivity index (χ4n) is 5.70. The Morgan fingerprint density at radius 3 is 2.86 bits per heavy atom. The zero-order valence-corrected chi connectivity index (χ0v) is 21.0. The van der Waals surface area contributed by atoms with Gasteiger partial charge >= 0.3 is 0 Å². The largest absolute Gasteiger partial charge is 0.350 e. The van der Waals surface area contributed by atoms with Crippen molar-refractivity contribution in [2.75, 3.05) is 18.9 Å². The summed E-state index contributed by atoms with van der Waals surface area (Å²) in [7, 11) is 1.63. The summed E-state index contributed by atoms with van der Waals surface area (Å²) in [5.41, 5.74) is 1.46. The number of pyridine rings is 1. The van der Waals surface area contributed by atoms with E-state index in [0.29, 0.717) is 34.3 Å². The van der Waals surface area contributed by atoms with Gasteiger partial charge in [0.15, 0.2) is 0 Å². The summed E-state index contributed by atoms with van der Waals surface area (Å²) in [5.74, 6) is -0.515. The first kappa shape index (κ1) is 23.5. The van der Waals surface area contributed by atoms with Gasteiger partial charge < -0.3 is 20.1 Å². The van der Waals surface area contributed by atoms with E-state index in [0.717, 1.165) is 23.7 Å². The predicted octanol–water partition coefficient (Wildman–Crippen LogP) is 3.47. The van der Waals surface area contributed by atoms with Crippen LogP contribution in [0.2, 0.25) is 5.02 Å². The highest BCUT2D eigenvalue weighted by molar-refractivity contribution is 6.31. The van der Waals surface area contributed by atoms with Crippen LogP contribution in [0, 0.1) is 17.2 Å². The number of rotatable bonds is 5. The molecule has 1 spiro atoms. The Morgan fingerprint density at radius 1 is 1.32 bits per heavy atom. The fraction of sp³-hybridized carbons (Fsp3) is 0.370. The van der Waals surface area contributed by atoms with Crippen molar-refractivity contribution in [1.82, 2.24) is 19.8 Å². The number of aromatic nitrogens is 2. The van der Waals surface area contributed by atoms with Crippen LogP contribution in [0.15, 0.2) is 42.7 Å². The monoisotopic (exact) mass is 516 g/mol. The molecular formula is C27H25ClN6O3. The highest BCUT2D eigenvalue weighted by atomic mass is 35.5. The maximum absolute atomic E-state index is 14.1. The number of fused-ring (bicyclic) bond motifs is 3. The summed E-state index contributed by atoms with van der Waals surface area (Å²) in [6, 6.07) is 9.38. The number of nitrogens with zero attached hydrogens (tertiary/aromatic N) is 4. The topological polar surface area (TPSA) is 122 Å². The fourth-order valence-corrected chi connectivity index (χ4v) is 5.87. The van der Waals surface area contributed by atoms with Gasteiger partial charge in [-0.3, -0.25) is 19.4 Å². The quantitative estimate of drug-likeness (QED) is 0.537. The van der Waals surface area contributed by atoms with Crippen LogP contribution in [0.3, 0.4) is 0 Å². The Balaban J connectivity index is 1.31. The molecule has 2 aromatic heterocycles. The molecule has 3 aromatic rings. The number of likely N-dealkylation sites (N-methyl/N-ethyl adjacent to an activating group) is 1. The maximum atomic E-state index is 14.1. The normalized spacial score (nSPS) is 23.1. The number of hydrogen-bond donors (Lipinski definition) is 2. The van der Waals surface area contributed by atoms with Crippen molar-refractivity contribution in [1.29, 1.82) is 5.26 Å². The average molecular weight is 517 g/mol. The number of likely N-dealkylation sites (tertiary alicyclic amines) is 1. The van der Waals surface area contributed by atoms with E-state index in [9.17, 15) is 19.6 Å². The molecule has 0 bridgehead atoms. The van der Waals surface area contributed by atoms with Gasteiger partial charge in [-0.15, -0.1) is 0 Å². The van der Waals surface area contributed by atoms with Crippen LogP contribution in [0.5, 0.6) is 0 Å². The van der Waals surface area contributed by atoms with E-state index in [2.05, 4.69) is 21.4 Å². The van der Waals surface area contributed by atoms with Crippen LogP contribution in [-0.4, -0.2) is 63.2 Å². The van der Waals surface area contributed by atoms with Crippen LogP contribution < -0.4 is 5.32 Å². The number of nitrogens with one attached hydrogen (secondary N) is 2. The van der Waals surface area contributed by atoms with E-state index in [1.807, 2.05) is 0 Å². The molecule has 1 saturated carbocycles. The third kappa shape index (κ3) is 3.83. The molecule has 37 heavy (non-hydrogen) atoms. The second-order valence-electron chi connectivity index (χ2n) is 10.3. The molecule has 9 nitrogen and oxygen atoms in total. The Hall–Kier alpha value is -3.90. The number of benzene rings is 1. The Labute approximate surface area is 218 Å². The molecule has 0 unspecified atom stereocenters. The summed E-state index contributed by atoms with van der Waals surface area (Å²) in [5, 5.41) is 14.2. The number of amides is 3. The lowest BCUT2D eigenvalue weighted by atomic mass is 9.80. The second-order valence-corrected chi connectivity index (χ2v) is 10.7. The van der Waals surface area contributed by atoms with Crippen molar-refractivity contribution in [2.24, 2.45) is 5.92 Å². The average Bonchev–Trinajstić information content (AvgIpc) is 3.38. The van der Waals surface area contributed by atoms with E-state index < -0.39 is 17.5 Å². The maximum Gasteiger partial charge on any atom is 0.270 e. The van der Waals surface area contributed by atoms with Crippen molar-refractivity contribution < 1.29 is 14.4 Å². The minimum absolute atomic E-state index is 0.0600. The van der Waals surface area contributed by atoms with Gasteiger partial charge in [0.1, 0.15) is 17.8 Å². The lowest BCUT2D eigenvalue weighted by molar-refractivity contribution is -0.136. The number of carbonyl (C=O) groups excluding carboxylic acids is 3. The van der Waals surface area contributed by atoms with E-state index in [-0.39, 0.29) is 30.7 Å². The van der Waals surface area contributed by atoms with E-state index >= 15 is 0 Å². The third-order valence-electron chi connectivity index (χ3n) is 7.95. The molecule has 10 heteroatoms. The second kappa shape index (κ2) is 8.60. The van der Waals surface area contributed by atoms with Crippen LogP contribution in [0.4, 0.5) is 5.69 Å². The summed E-state index contributed by atoms with van der Waals surface area (Å²) in [6.45, 7) is 0.0600. The third-order valence-corrected chi connectivity index (χ3v) is 8.18. The van der Waals surface area contributed by atoms with E-state index in [4.69, 9.17) is 11.6 Å². The molecule has 0 radical (unpaired) electrons. The number of halogens is 1. The molecule has 2 fully saturated rings. The highest BCUT2D eigenvalue weighted by Gasteiger charge is 2.57. The van der Waals surface area contributed by atoms with Crippen molar-refractivity contribution in [3.05, 3.63) is 59.0 Å². The zero-order valence-electron chi connectivity index (χ0n) is 20.2. The van der Waals surface area contributed by atoms with Crippen LogP contribution in [0.1, 0.15) is 41.7 Å². The predicted molar refractivity (Wildman–Crippen MR) is 137 cm³/mol. The Kier molecular flexibility index (Phi) is 5.46. The number of anilines is 1. The Morgan fingerprint density at radius 2 is 2.14 bits per heavy atom. The smallest absolute Gasteiger partial charge is 0.270 e. The molecule has 1 aromatic carbocycles. The molecule has 2 aliphatic heterocycles. The van der Waals surface area contributed by atoms with Gasteiger partial charge in [-0.2, -0.15) is 5.26 Å². The molecule has 1 aliphatic carbocycles. The van der Waals surface area contributed by atoms with Gasteiger partial charge in [0.2, 0.25) is 11.8 Å². The molecular weight excluding hydrogens is 492 g/mol. The number of aromatic amines is 1. The summed E-state index contributed by atoms with van der Waals surface area (Å²) in [4.78, 5) is 50.9. The number of carbonyl (C=O) groups is 3. The highest BCUT2D eigenvalue weighted by Crippen LogP contribution is 2.47. The molecule has 6 rings (SSSR count). The molecule has 3 amide bonds. The summed E-state index contributed by atoms with van der Waals surface area (Å²) < 4.78 is 0. The molecule has 2 N–H and O–H groups in total. The number of H-pyrrole nitrogens is 1. The first-order valence-corrected chi connectivity index (χ1v) is 12.7. The van der Waals surface area contributed by atoms with Gasteiger partial charge in [0.25, 0.3) is 5.91 Å². The first-order chi connectivity index (χ1) is 17.8. The van der Waals surface area contributed by atoms with Gasteiger partial charge in [0, 0.05) is 54.0 Å². The van der Waals surface area contributed by atoms with Gasteiger partial charge in [-0.05, 0) is 48.2 Å². The first-order valence-electron chi connectivity index (χ1n) is 12.3. The number of nitriles is 1. The van der Waals surface area contributed by atoms with Gasteiger partial charge in [0.05, 0.1) is 11.5 Å². The van der Waals surface area contributed by atoms with Crippen LogP contribution in [0.25, 0.3) is 10.9 Å². The summed E-state index contributed by atoms with van der Waals surface area (Å²) >= 11 is 6.24. The van der Waals surface area contributed by atoms with Crippen molar-refractivity contribution in [2.45, 2.75) is 43.2 Å². The van der Waals surface area contributed by atoms with Crippen LogP contribution in [-0.2, 0) is 15.0 Å². The lowest BCUT2D eigenvalue weighted by Crippen LogP contribution is -2.51. The zero-order chi connectivity index (χ0) is 25.9. The van der Waals surface area contributed by atoms with Crippen molar-refractivity contribution in [3.8, 4) is 6.07 Å². The van der Waals surface area contributed by atoms with Gasteiger partial charge in [-0.1, -0.05) is 24.4 Å². The molecule has 4 heterocycles. The molecule has 3 aliphatic rings. The molecule has 188 valence electrons.